The summed E-state index contributed by atoms with van der Waals surface area (Å²) in [5, 5.41) is 9.42. The summed E-state index contributed by atoms with van der Waals surface area (Å²) in [6.45, 7) is 4.90. The summed E-state index contributed by atoms with van der Waals surface area (Å²) >= 11 is 0. The highest BCUT2D eigenvalue weighted by molar-refractivity contribution is 7.89. The Morgan fingerprint density at radius 2 is 2.00 bits per heavy atom. The third-order valence-corrected chi connectivity index (χ3v) is 4.48. The third kappa shape index (κ3) is 4.43. The van der Waals surface area contributed by atoms with Crippen LogP contribution < -0.4 is 4.72 Å². The fourth-order valence-corrected chi connectivity index (χ4v) is 2.95. The number of carbonyl (C=O) groups is 1. The maximum absolute atomic E-state index is 12.1. The predicted octanol–water partition coefficient (Wildman–Crippen LogP) is 1.86. The number of aryl methyl sites for hydroxylation is 1. The first-order valence-electron chi connectivity index (χ1n) is 7.00. The molecule has 0 bridgehead atoms. The first kappa shape index (κ1) is 17.2. The van der Waals surface area contributed by atoms with E-state index >= 15 is 0 Å². The lowest BCUT2D eigenvalue weighted by atomic mass is 10.0. The molecule has 2 rings (SSSR count). The van der Waals surface area contributed by atoms with Crippen LogP contribution in [0.25, 0.3) is 0 Å². The zero-order chi connectivity index (χ0) is 17.3. The van der Waals surface area contributed by atoms with Crippen LogP contribution >= 0.6 is 0 Å². The van der Waals surface area contributed by atoms with Crippen molar-refractivity contribution in [2.75, 3.05) is 0 Å². The molecule has 6 nitrogen and oxygen atoms in total. The molecule has 0 radical (unpaired) electrons. The predicted molar refractivity (Wildman–Crippen MR) is 84.2 cm³/mol. The summed E-state index contributed by atoms with van der Waals surface area (Å²) in [5.74, 6) is -0.656. The standard InChI is InChI=1S/C16H19NO5S/c1-11-5-4-6-12(7-11)8-14(18)17-23(20,21)15-9-13(10-22-15)16(2,3)19/h4-7,9-10,19H,8H2,1-3H3,(H,17,18). The van der Waals surface area contributed by atoms with Gasteiger partial charge in [-0.1, -0.05) is 29.8 Å². The zero-order valence-corrected chi connectivity index (χ0v) is 14.0. The maximum Gasteiger partial charge on any atom is 0.297 e. The molecular weight excluding hydrogens is 318 g/mol. The molecule has 1 amide bonds. The number of hydrogen-bond donors (Lipinski definition) is 2. The minimum atomic E-state index is -4.11. The summed E-state index contributed by atoms with van der Waals surface area (Å²) in [6, 6.07) is 8.44. The summed E-state index contributed by atoms with van der Waals surface area (Å²) in [7, 11) is -4.11. The van der Waals surface area contributed by atoms with Gasteiger partial charge in [-0.3, -0.25) is 4.79 Å². The molecule has 1 heterocycles. The Hall–Kier alpha value is -2.12. The van der Waals surface area contributed by atoms with E-state index in [1.807, 2.05) is 23.8 Å². The Morgan fingerprint density at radius 1 is 1.30 bits per heavy atom. The molecule has 0 aliphatic carbocycles. The molecule has 2 aromatic rings. The van der Waals surface area contributed by atoms with Gasteiger partial charge in [0.2, 0.25) is 11.0 Å². The van der Waals surface area contributed by atoms with Gasteiger partial charge in [-0.05, 0) is 26.3 Å². The molecule has 1 aromatic carbocycles. The van der Waals surface area contributed by atoms with Crippen LogP contribution in [0.1, 0.15) is 30.5 Å². The van der Waals surface area contributed by atoms with Gasteiger partial charge in [0.05, 0.1) is 18.3 Å². The smallest absolute Gasteiger partial charge is 0.297 e. The number of carbonyl (C=O) groups excluding carboxylic acids is 1. The summed E-state index contributed by atoms with van der Waals surface area (Å²) in [4.78, 5) is 11.9. The van der Waals surface area contributed by atoms with Gasteiger partial charge < -0.3 is 9.52 Å². The van der Waals surface area contributed by atoms with Gasteiger partial charge in [-0.25, -0.2) is 4.72 Å². The SMILES string of the molecule is Cc1cccc(CC(=O)NS(=O)(=O)c2cc(C(C)(C)O)co2)c1. The second-order valence-corrected chi connectivity index (χ2v) is 7.52. The largest absolute Gasteiger partial charge is 0.451 e. The number of rotatable bonds is 5. The van der Waals surface area contributed by atoms with Gasteiger partial charge in [0.25, 0.3) is 10.0 Å². The highest BCUT2D eigenvalue weighted by atomic mass is 32.2. The lowest BCUT2D eigenvalue weighted by Gasteiger charge is -2.13. The van der Waals surface area contributed by atoms with Crippen molar-refractivity contribution in [3.63, 3.8) is 0 Å². The van der Waals surface area contributed by atoms with E-state index in [4.69, 9.17) is 4.42 Å². The van der Waals surface area contributed by atoms with Crippen LogP contribution in [0, 0.1) is 6.92 Å². The van der Waals surface area contributed by atoms with Gasteiger partial charge in [-0.15, -0.1) is 0 Å². The second-order valence-electron chi connectivity index (χ2n) is 5.91. The average molecular weight is 337 g/mol. The van der Waals surface area contributed by atoms with E-state index in [2.05, 4.69) is 0 Å². The van der Waals surface area contributed by atoms with Crippen LogP contribution in [0.3, 0.4) is 0 Å². The molecule has 7 heteroatoms. The van der Waals surface area contributed by atoms with Gasteiger partial charge in [-0.2, -0.15) is 8.42 Å². The highest BCUT2D eigenvalue weighted by Gasteiger charge is 2.26. The molecule has 0 saturated carbocycles. The van der Waals surface area contributed by atoms with Gasteiger partial charge in [0, 0.05) is 11.6 Å². The number of furan rings is 1. The van der Waals surface area contributed by atoms with E-state index in [-0.39, 0.29) is 6.42 Å². The Bertz CT molecular complexity index is 815. The lowest BCUT2D eigenvalue weighted by molar-refractivity contribution is -0.118. The molecule has 2 N–H and O–H groups in total. The second kappa shape index (κ2) is 6.17. The minimum absolute atomic E-state index is 0.0556. The Kier molecular flexibility index (Phi) is 4.63. The normalized spacial score (nSPS) is 12.2. The van der Waals surface area contributed by atoms with Crippen molar-refractivity contribution >= 4 is 15.9 Å². The van der Waals surface area contributed by atoms with Gasteiger partial charge >= 0.3 is 0 Å². The van der Waals surface area contributed by atoms with Gasteiger partial charge in [0.1, 0.15) is 0 Å². The number of sulfonamides is 1. The van der Waals surface area contributed by atoms with E-state index in [9.17, 15) is 18.3 Å². The molecular formula is C16H19NO5S. The van der Waals surface area contributed by atoms with Crippen LogP contribution in [0.15, 0.2) is 46.1 Å². The lowest BCUT2D eigenvalue weighted by Crippen LogP contribution is -2.31. The molecule has 0 fully saturated rings. The molecule has 0 aliphatic heterocycles. The van der Waals surface area contributed by atoms with E-state index in [1.165, 1.54) is 19.9 Å². The Labute approximate surface area is 135 Å². The van der Waals surface area contributed by atoms with Crippen molar-refractivity contribution in [1.82, 2.24) is 4.72 Å². The molecule has 0 atom stereocenters. The number of nitrogens with one attached hydrogen (secondary N) is 1. The minimum Gasteiger partial charge on any atom is -0.451 e. The number of hydrogen-bond acceptors (Lipinski definition) is 5. The van der Waals surface area contributed by atoms with Crippen molar-refractivity contribution in [3.05, 3.63) is 53.3 Å². The quantitative estimate of drug-likeness (QED) is 0.868. The van der Waals surface area contributed by atoms with Crippen LogP contribution in [-0.4, -0.2) is 19.4 Å². The van der Waals surface area contributed by atoms with Crippen LogP contribution in [-0.2, 0) is 26.8 Å². The molecule has 124 valence electrons. The topological polar surface area (TPSA) is 96.6 Å². The van der Waals surface area contributed by atoms with E-state index < -0.39 is 26.6 Å². The number of benzene rings is 1. The number of amides is 1. The molecule has 0 saturated heterocycles. The Balaban J connectivity index is 2.11. The van der Waals surface area contributed by atoms with Crippen LogP contribution in [0.2, 0.25) is 0 Å². The van der Waals surface area contributed by atoms with Crippen LogP contribution in [0.5, 0.6) is 0 Å². The third-order valence-electron chi connectivity index (χ3n) is 3.24. The van der Waals surface area contributed by atoms with Crippen molar-refractivity contribution in [3.8, 4) is 0 Å². The van der Waals surface area contributed by atoms with Crippen molar-refractivity contribution in [1.29, 1.82) is 0 Å². The van der Waals surface area contributed by atoms with Crippen LogP contribution in [0.4, 0.5) is 0 Å². The zero-order valence-electron chi connectivity index (χ0n) is 13.2. The van der Waals surface area contributed by atoms with E-state index in [0.29, 0.717) is 11.1 Å². The Morgan fingerprint density at radius 3 is 2.57 bits per heavy atom. The molecule has 23 heavy (non-hydrogen) atoms. The summed E-state index contributed by atoms with van der Waals surface area (Å²) in [5.41, 5.74) is 0.778. The molecule has 0 aliphatic rings. The summed E-state index contributed by atoms with van der Waals surface area (Å²) < 4.78 is 31.2. The van der Waals surface area contributed by atoms with Crippen molar-refractivity contribution in [2.45, 2.75) is 37.9 Å². The van der Waals surface area contributed by atoms with E-state index in [0.717, 1.165) is 11.8 Å². The van der Waals surface area contributed by atoms with Gasteiger partial charge in [0.15, 0.2) is 0 Å². The monoisotopic (exact) mass is 337 g/mol. The average Bonchev–Trinajstić information content (AvgIpc) is 2.87. The van der Waals surface area contributed by atoms with Crippen molar-refractivity contribution < 1.29 is 22.7 Å². The van der Waals surface area contributed by atoms with Crippen molar-refractivity contribution in [2.24, 2.45) is 0 Å². The van der Waals surface area contributed by atoms with E-state index in [1.54, 1.807) is 12.1 Å². The highest BCUT2D eigenvalue weighted by Crippen LogP contribution is 2.24. The maximum atomic E-state index is 12.1. The molecule has 0 unspecified atom stereocenters. The summed E-state index contributed by atoms with van der Waals surface area (Å²) in [6.07, 6.45) is 1.10. The molecule has 0 spiro atoms. The fraction of sp³-hybridized carbons (Fsp3) is 0.312. The first-order valence-corrected chi connectivity index (χ1v) is 8.49. The fourth-order valence-electron chi connectivity index (χ4n) is 2.02. The molecule has 1 aromatic heterocycles. The first-order chi connectivity index (χ1) is 10.6. The number of aliphatic hydroxyl groups is 1.